The smallest absolute Gasteiger partial charge is 0.433 e. The molecule has 4 aromatic carbocycles. The highest BCUT2D eigenvalue weighted by atomic mass is 35.5. The second-order valence-electron chi connectivity index (χ2n) is 32.7. The average Bonchev–Trinajstić information content (AvgIpc) is 0.755. The van der Waals surface area contributed by atoms with E-state index in [9.17, 15) is 84.3 Å². The molecule has 0 atom stereocenters. The maximum Gasteiger partial charge on any atom is 0.433 e. The van der Waals surface area contributed by atoms with E-state index in [0.29, 0.717) is 88.9 Å². The molecule has 0 unspecified atom stereocenters. The number of nitrogens with zero attached hydrogens (tertiary/aromatic N) is 11. The molecule has 9 aliphatic rings. The minimum absolute atomic E-state index is 0. The number of hydrogen-bond donors (Lipinski definition) is 11. The first kappa shape index (κ1) is 106. The van der Waals surface area contributed by atoms with Crippen LogP contribution in [0.2, 0.25) is 5.02 Å². The number of aryl methyl sites for hydroxylation is 1. The Balaban J connectivity index is 0.000000174. The number of carbonyl (C=O) groups is 13. The van der Waals surface area contributed by atoms with Crippen molar-refractivity contribution in [3.63, 3.8) is 0 Å². The number of rotatable bonds is 22. The number of terminal acetylenes is 1. The molecule has 10 aromatic rings. The summed E-state index contributed by atoms with van der Waals surface area (Å²) in [6, 6.07) is 28.2. The van der Waals surface area contributed by atoms with Gasteiger partial charge in [0.15, 0.2) is 42.7 Å². The molecular formula is C95H96ClF5N20O20. The third-order valence-electron chi connectivity index (χ3n) is 23.6. The van der Waals surface area contributed by atoms with E-state index in [-0.39, 0.29) is 157 Å². The normalized spacial score (nSPS) is 17.6. The Morgan fingerprint density at radius 3 is 1.16 bits per heavy atom. The molecule has 3 aliphatic heterocycles. The largest absolute Gasteiger partial charge is 0.482 e. The second kappa shape index (κ2) is 48.0. The van der Waals surface area contributed by atoms with Crippen LogP contribution in [-0.4, -0.2) is 189 Å². The highest BCUT2D eigenvalue weighted by Gasteiger charge is 2.54. The number of aromatic carboxylic acids is 2. The van der Waals surface area contributed by atoms with Crippen molar-refractivity contribution in [1.29, 1.82) is 0 Å². The summed E-state index contributed by atoms with van der Waals surface area (Å²) in [5, 5.41) is 42.1. The van der Waals surface area contributed by atoms with Crippen LogP contribution in [0.4, 0.5) is 39.0 Å². The highest BCUT2D eigenvalue weighted by Crippen LogP contribution is 2.58. The van der Waals surface area contributed by atoms with Gasteiger partial charge in [0.25, 0.3) is 53.2 Å². The minimum Gasteiger partial charge on any atom is -0.482 e. The van der Waals surface area contributed by atoms with Gasteiger partial charge in [0.1, 0.15) is 94.6 Å². The number of pyridine rings is 1. The summed E-state index contributed by atoms with van der Waals surface area (Å²) < 4.78 is 89.7. The number of aromatic nitrogens is 11. The third kappa shape index (κ3) is 28.3. The fraction of sp³-hybridized carbons (Fsp3) is 0.326. The molecule has 0 spiro atoms. The van der Waals surface area contributed by atoms with Crippen LogP contribution < -0.4 is 62.1 Å². The summed E-state index contributed by atoms with van der Waals surface area (Å²) in [6.45, 7) is 3.49. The lowest BCUT2D eigenvalue weighted by atomic mass is 9.53. The first-order valence-electron chi connectivity index (χ1n) is 42.6. The van der Waals surface area contributed by atoms with Gasteiger partial charge in [0.05, 0.1) is 47.1 Å². The number of fused-ring (bicyclic) bond motifs is 9. The summed E-state index contributed by atoms with van der Waals surface area (Å²) >= 11 is 5.61. The first-order valence-corrected chi connectivity index (χ1v) is 43.0. The van der Waals surface area contributed by atoms with Crippen molar-refractivity contribution in [2.24, 2.45) is 21.7 Å². The van der Waals surface area contributed by atoms with Gasteiger partial charge < -0.3 is 81.7 Å². The Morgan fingerprint density at radius 1 is 0.433 bits per heavy atom. The van der Waals surface area contributed by atoms with E-state index in [4.69, 9.17) is 51.9 Å². The van der Waals surface area contributed by atoms with Crippen LogP contribution in [0.25, 0.3) is 0 Å². The number of alkyl halides is 3. The van der Waals surface area contributed by atoms with Gasteiger partial charge in [-0.05, 0) is 184 Å². The topological polar surface area (TPSA) is 559 Å². The monoisotopic (exact) mass is 1970 g/mol. The zero-order valence-corrected chi connectivity index (χ0v) is 75.0. The molecule has 46 heteroatoms. The lowest BCUT2D eigenvalue weighted by molar-refractivity contribution is -0.163. The van der Waals surface area contributed by atoms with Gasteiger partial charge in [-0.1, -0.05) is 56.6 Å². The van der Waals surface area contributed by atoms with Gasteiger partial charge in [-0.25, -0.2) is 73.2 Å². The number of methoxy groups -OCH3 is 2. The fourth-order valence-electron chi connectivity index (χ4n) is 15.8. The summed E-state index contributed by atoms with van der Waals surface area (Å²) in [5.41, 5.74) is 3.25. The van der Waals surface area contributed by atoms with Crippen molar-refractivity contribution in [2.75, 3.05) is 63.1 Å². The number of carboxylic acid groups (broad SMARTS) is 2. The minimum atomic E-state index is -4.66. The van der Waals surface area contributed by atoms with E-state index in [1.54, 1.807) is 55.5 Å². The summed E-state index contributed by atoms with van der Waals surface area (Å²) in [4.78, 5) is 193. The van der Waals surface area contributed by atoms with Gasteiger partial charge in [-0.15, -0.1) is 6.42 Å². The Kier molecular flexibility index (Phi) is 36.2. The van der Waals surface area contributed by atoms with Gasteiger partial charge in [0.2, 0.25) is 0 Å². The molecule has 738 valence electrons. The predicted octanol–water partition coefficient (Wildman–Crippen LogP) is 10.6. The maximum absolute atomic E-state index is 13.3. The van der Waals surface area contributed by atoms with Crippen molar-refractivity contribution in [1.82, 2.24) is 86.7 Å². The van der Waals surface area contributed by atoms with Crippen LogP contribution in [-0.2, 0) is 65.8 Å². The lowest BCUT2D eigenvalue weighted by Gasteiger charge is -2.51. The van der Waals surface area contributed by atoms with Gasteiger partial charge in [0, 0.05) is 75.4 Å². The molecule has 6 aliphatic carbocycles. The van der Waals surface area contributed by atoms with Crippen molar-refractivity contribution in [2.45, 2.75) is 131 Å². The van der Waals surface area contributed by atoms with Gasteiger partial charge >= 0.3 is 30.1 Å². The van der Waals surface area contributed by atoms with E-state index in [0.717, 1.165) is 113 Å². The van der Waals surface area contributed by atoms with E-state index in [2.05, 4.69) is 109 Å². The Morgan fingerprint density at radius 2 is 0.780 bits per heavy atom. The fourth-order valence-corrected chi connectivity index (χ4v) is 16.0. The molecule has 0 saturated heterocycles. The number of ether oxygens (including phenoxy) is 5. The molecule has 141 heavy (non-hydrogen) atoms. The summed E-state index contributed by atoms with van der Waals surface area (Å²) in [6.07, 6.45) is 17.2. The van der Waals surface area contributed by atoms with Gasteiger partial charge in [-0.3, -0.25) is 52.7 Å². The second-order valence-corrected chi connectivity index (χ2v) is 33.1. The molecule has 9 heterocycles. The van der Waals surface area contributed by atoms with Crippen LogP contribution in [0, 0.1) is 52.6 Å². The molecule has 6 saturated carbocycles. The summed E-state index contributed by atoms with van der Waals surface area (Å²) in [7, 11) is 2.86. The van der Waals surface area contributed by atoms with Gasteiger partial charge in [-0.2, -0.15) is 13.2 Å². The first-order chi connectivity index (χ1) is 66.5. The maximum atomic E-state index is 13.3. The number of esters is 2. The average molecular weight is 1970 g/mol. The molecule has 11 N–H and O–H groups in total. The van der Waals surface area contributed by atoms with Crippen molar-refractivity contribution < 1.29 is 118 Å². The Hall–Kier alpha value is -16.6. The van der Waals surface area contributed by atoms with E-state index in [1.165, 1.54) is 75.5 Å². The SMILES string of the molecule is C.C.C#Cc1cc(C(=O)NCc2ccc3c(c2)NC(=O)CO3)ncn1.COC(=O)C12CCC(CNC(=O)c3cc(C(=O)O)ncn3)(CC1)CC2.COC(=O)C12CCC(CNC(=O)c3cc(C(=O)O)ncn3)(CC1)CC2.Cc1cc(C(=O)NCc2ccc3c(c2)NC(=O)CO3)ncn1.O=C(NCc1ccc(F)c(Cl)c1)c1ncccc1F.O=C1COc2ccc(CNC(=O)c3cc(C(F)(F)F)ncn3)cc2N1. The van der Waals surface area contributed by atoms with E-state index in [1.807, 2.05) is 12.1 Å². The molecule has 40 nitrogen and oxygen atoms in total. The van der Waals surface area contributed by atoms with Crippen molar-refractivity contribution in [3.8, 4) is 29.6 Å². The zero-order valence-electron chi connectivity index (χ0n) is 74.3. The van der Waals surface area contributed by atoms with Crippen molar-refractivity contribution >= 4 is 106 Å². The zero-order chi connectivity index (χ0) is 99.8. The lowest BCUT2D eigenvalue weighted by Crippen LogP contribution is -2.50. The van der Waals surface area contributed by atoms with Crippen LogP contribution >= 0.6 is 11.6 Å². The highest BCUT2D eigenvalue weighted by molar-refractivity contribution is 6.30. The standard InChI is InChI=1S/2C17H21N3O5.C16H12N4O3.C15H11F3N4O3.C15H14N4O3.C13H9ClF2N2O.2CH4/c2*1-25-15(24)17-5-2-16(3-6-17,4-7-17)9-18-13(21)11-8-12(14(22)23)20-10-19-11;1-2-11-6-13(19-9-18-11)16(22)17-7-10-3-4-14-12(5-10)20-15(21)8-23-14;16-15(17,18)12-4-10(20-7-21-12)14(24)19-5-8-1-2-11-9(3-8)22-13(23)6-25-11;1-9-4-12(18-8-17-9)15(21)16-6-10-2-3-13-11(5-10)19-14(20)7-22-13;14-9-6-8(3-4-10(9)15)7-18-13(19)12-11(16)2-1-5-17-12;;/h2*8,10H,2-7,9H2,1H3,(H,18,21)(H,22,23);1,3-6,9H,7-8H2,(H,17,22)(H,20,21);1-4,7H,5-6H2,(H,19,24)(H,22,23);2-5,8H,6-7H2,1H3,(H,16,21)(H,19,20);1-6H,7H2,(H,18,19);2*1H4. The summed E-state index contributed by atoms with van der Waals surface area (Å²) in [5.74, 6) is -3.34. The van der Waals surface area contributed by atoms with Crippen LogP contribution in [0.5, 0.6) is 17.2 Å². The molecule has 4 bridgehead atoms. The molecule has 6 fully saturated rings. The number of hydrogen-bond acceptors (Lipinski definition) is 29. The molecule has 6 aromatic heterocycles. The number of carboxylic acids is 2. The molecule has 0 radical (unpaired) electrons. The third-order valence-corrected chi connectivity index (χ3v) is 23.9. The predicted molar refractivity (Wildman–Crippen MR) is 491 cm³/mol. The number of halogens is 6. The quantitative estimate of drug-likeness (QED) is 0.0171. The van der Waals surface area contributed by atoms with Crippen molar-refractivity contribution in [3.05, 3.63) is 255 Å². The molecular weight excluding hydrogens is 1870 g/mol. The Labute approximate surface area is 806 Å². The number of benzene rings is 4. The van der Waals surface area contributed by atoms with Crippen LogP contribution in [0.15, 0.2) is 153 Å². The van der Waals surface area contributed by atoms with E-state index >= 15 is 0 Å². The van der Waals surface area contributed by atoms with E-state index < -0.39 is 64.8 Å². The number of carbonyl (C=O) groups excluding carboxylic acids is 11. The Bertz CT molecular complexity index is 6260. The molecule has 9 amide bonds. The number of anilines is 3. The number of nitrogens with one attached hydrogen (secondary N) is 9. The number of amides is 9. The van der Waals surface area contributed by atoms with Crippen LogP contribution in [0.1, 0.15) is 215 Å². The van der Waals surface area contributed by atoms with Crippen LogP contribution in [0.3, 0.4) is 0 Å². The molecule has 19 rings (SSSR count).